The fourth-order valence-corrected chi connectivity index (χ4v) is 3.64. The molecule has 3 rings (SSSR count). The van der Waals surface area contributed by atoms with Crippen LogP contribution in [0.15, 0.2) is 30.5 Å². The summed E-state index contributed by atoms with van der Waals surface area (Å²) in [5.74, 6) is 0.831. The molecule has 0 aliphatic carbocycles. The first kappa shape index (κ1) is 19.1. The lowest BCUT2D eigenvalue weighted by Crippen LogP contribution is -2.50. The lowest BCUT2D eigenvalue weighted by molar-refractivity contribution is -0.125. The summed E-state index contributed by atoms with van der Waals surface area (Å²) in [6, 6.07) is 7.71. The van der Waals surface area contributed by atoms with Crippen LogP contribution in [0.1, 0.15) is 48.4 Å². The van der Waals surface area contributed by atoms with E-state index in [4.69, 9.17) is 0 Å². The van der Waals surface area contributed by atoms with Crippen LogP contribution < -0.4 is 5.32 Å². The van der Waals surface area contributed by atoms with Crippen LogP contribution in [-0.2, 0) is 4.79 Å². The number of rotatable bonds is 4. The number of nitrogens with one attached hydrogen (secondary N) is 1. The number of piperidine rings is 1. The van der Waals surface area contributed by atoms with Crippen LogP contribution >= 0.6 is 0 Å². The zero-order valence-electron chi connectivity index (χ0n) is 16.5. The van der Waals surface area contributed by atoms with E-state index in [1.165, 1.54) is 0 Å². The molecule has 1 aliphatic rings. The Morgan fingerprint density at radius 2 is 2.04 bits per heavy atom. The number of carbonyl (C=O) groups is 2. The third-order valence-electron chi connectivity index (χ3n) is 5.12. The molecule has 0 bridgehead atoms. The number of hydrogen-bond donors (Lipinski definition) is 1. The predicted octanol–water partition coefficient (Wildman–Crippen LogP) is 2.87. The lowest BCUT2D eigenvalue weighted by Gasteiger charge is -2.33. The summed E-state index contributed by atoms with van der Waals surface area (Å²) in [4.78, 5) is 31.4. The molecule has 1 aliphatic heterocycles. The van der Waals surface area contributed by atoms with Crippen molar-refractivity contribution in [2.24, 2.45) is 5.92 Å². The van der Waals surface area contributed by atoms with Crippen LogP contribution in [0, 0.1) is 19.8 Å². The van der Waals surface area contributed by atoms with E-state index in [0.29, 0.717) is 12.1 Å². The Kier molecular flexibility index (Phi) is 5.63. The Morgan fingerprint density at radius 3 is 2.70 bits per heavy atom. The second-order valence-electron chi connectivity index (χ2n) is 7.56. The molecule has 0 aromatic carbocycles. The lowest BCUT2D eigenvalue weighted by atomic mass is 10.0. The van der Waals surface area contributed by atoms with Gasteiger partial charge in [-0.15, -0.1) is 0 Å². The monoisotopic (exact) mass is 368 g/mol. The van der Waals surface area contributed by atoms with Gasteiger partial charge in [0, 0.05) is 42.6 Å². The molecule has 1 saturated heterocycles. The SMILES string of the molecule is Cc1cc(C(=O)N2CCCC(NC(=O)C(C)C)C2)c(C)n1-c1ccccn1. The molecule has 1 unspecified atom stereocenters. The maximum absolute atomic E-state index is 13.2. The minimum atomic E-state index is -0.0478. The molecular formula is C21H28N4O2. The van der Waals surface area contributed by atoms with E-state index < -0.39 is 0 Å². The van der Waals surface area contributed by atoms with Gasteiger partial charge in [-0.3, -0.25) is 9.59 Å². The standard InChI is InChI=1S/C21H28N4O2/c1-14(2)20(26)23-17-8-7-11-24(13-17)21(27)18-12-15(3)25(16(18)4)19-9-5-6-10-22-19/h5-6,9-10,12,14,17H,7-8,11,13H2,1-4H3,(H,23,26). The Balaban J connectivity index is 1.79. The van der Waals surface area contributed by atoms with Gasteiger partial charge in [-0.2, -0.15) is 0 Å². The molecule has 6 heteroatoms. The number of likely N-dealkylation sites (tertiary alicyclic amines) is 1. The van der Waals surface area contributed by atoms with Gasteiger partial charge < -0.3 is 14.8 Å². The van der Waals surface area contributed by atoms with Crippen LogP contribution in [0.4, 0.5) is 0 Å². The number of amides is 2. The van der Waals surface area contributed by atoms with Crippen LogP contribution in [0.5, 0.6) is 0 Å². The molecule has 27 heavy (non-hydrogen) atoms. The molecule has 1 N–H and O–H groups in total. The van der Waals surface area contributed by atoms with Crippen LogP contribution in [0.2, 0.25) is 0 Å². The quantitative estimate of drug-likeness (QED) is 0.902. The van der Waals surface area contributed by atoms with Gasteiger partial charge in [0.2, 0.25) is 5.91 Å². The first-order valence-electron chi connectivity index (χ1n) is 9.58. The Hall–Kier alpha value is -2.63. The molecule has 0 spiro atoms. The average molecular weight is 368 g/mol. The van der Waals surface area contributed by atoms with E-state index in [2.05, 4.69) is 10.3 Å². The van der Waals surface area contributed by atoms with Gasteiger partial charge in [-0.25, -0.2) is 4.98 Å². The van der Waals surface area contributed by atoms with Crippen molar-refractivity contribution in [3.05, 3.63) is 47.4 Å². The van der Waals surface area contributed by atoms with Crippen LogP contribution in [-0.4, -0.2) is 45.4 Å². The predicted molar refractivity (Wildman–Crippen MR) is 105 cm³/mol. The largest absolute Gasteiger partial charge is 0.351 e. The number of aromatic nitrogens is 2. The molecule has 144 valence electrons. The fraction of sp³-hybridized carbons (Fsp3) is 0.476. The Labute approximate surface area is 160 Å². The van der Waals surface area contributed by atoms with E-state index >= 15 is 0 Å². The van der Waals surface area contributed by atoms with E-state index in [0.717, 1.165) is 36.6 Å². The Bertz CT molecular complexity index is 826. The normalized spacial score (nSPS) is 17.2. The summed E-state index contributed by atoms with van der Waals surface area (Å²) in [6.45, 7) is 8.99. The summed E-state index contributed by atoms with van der Waals surface area (Å²) in [5.41, 5.74) is 2.58. The van der Waals surface area contributed by atoms with E-state index in [1.54, 1.807) is 6.20 Å². The van der Waals surface area contributed by atoms with Gasteiger partial charge in [0.15, 0.2) is 0 Å². The summed E-state index contributed by atoms with van der Waals surface area (Å²) in [6.07, 6.45) is 3.56. The zero-order chi connectivity index (χ0) is 19.6. The first-order valence-corrected chi connectivity index (χ1v) is 9.58. The summed E-state index contributed by atoms with van der Waals surface area (Å²) >= 11 is 0. The van der Waals surface area contributed by atoms with Gasteiger partial charge >= 0.3 is 0 Å². The zero-order valence-corrected chi connectivity index (χ0v) is 16.5. The first-order chi connectivity index (χ1) is 12.9. The van der Waals surface area contributed by atoms with Gasteiger partial charge in [0.1, 0.15) is 5.82 Å². The topological polar surface area (TPSA) is 67.2 Å². The second kappa shape index (κ2) is 7.94. The van der Waals surface area contributed by atoms with Crippen molar-refractivity contribution < 1.29 is 9.59 Å². The molecule has 2 aromatic heterocycles. The highest BCUT2D eigenvalue weighted by atomic mass is 16.2. The van der Waals surface area contributed by atoms with Gasteiger partial charge in [-0.05, 0) is 44.9 Å². The average Bonchev–Trinajstić information content (AvgIpc) is 2.96. The second-order valence-corrected chi connectivity index (χ2v) is 7.56. The minimum absolute atomic E-state index is 0.0220. The van der Waals surface area contributed by atoms with Crippen molar-refractivity contribution in [3.8, 4) is 5.82 Å². The highest BCUT2D eigenvalue weighted by molar-refractivity contribution is 5.96. The molecule has 1 fully saturated rings. The summed E-state index contributed by atoms with van der Waals surface area (Å²) in [5, 5.41) is 3.06. The maximum atomic E-state index is 13.2. The van der Waals surface area contributed by atoms with Crippen molar-refractivity contribution in [3.63, 3.8) is 0 Å². The number of pyridine rings is 1. The molecular weight excluding hydrogens is 340 g/mol. The molecule has 1 atom stereocenters. The molecule has 6 nitrogen and oxygen atoms in total. The van der Waals surface area contributed by atoms with E-state index in [1.807, 2.05) is 61.4 Å². The van der Waals surface area contributed by atoms with Crippen molar-refractivity contribution in [2.75, 3.05) is 13.1 Å². The van der Waals surface area contributed by atoms with Crippen molar-refractivity contribution in [2.45, 2.75) is 46.6 Å². The molecule has 0 radical (unpaired) electrons. The fourth-order valence-electron chi connectivity index (χ4n) is 3.64. The number of nitrogens with zero attached hydrogens (tertiary/aromatic N) is 3. The van der Waals surface area contributed by atoms with E-state index in [-0.39, 0.29) is 23.8 Å². The van der Waals surface area contributed by atoms with Crippen LogP contribution in [0.25, 0.3) is 5.82 Å². The third kappa shape index (κ3) is 4.04. The summed E-state index contributed by atoms with van der Waals surface area (Å²) < 4.78 is 2.01. The van der Waals surface area contributed by atoms with Gasteiger partial charge in [-0.1, -0.05) is 19.9 Å². The number of carbonyl (C=O) groups excluding carboxylic acids is 2. The molecule has 2 amide bonds. The number of aryl methyl sites for hydroxylation is 1. The number of hydrogen-bond acceptors (Lipinski definition) is 3. The molecule has 3 heterocycles. The molecule has 2 aromatic rings. The van der Waals surface area contributed by atoms with Crippen molar-refractivity contribution in [1.29, 1.82) is 0 Å². The Morgan fingerprint density at radius 1 is 1.26 bits per heavy atom. The third-order valence-corrected chi connectivity index (χ3v) is 5.12. The van der Waals surface area contributed by atoms with Crippen molar-refractivity contribution >= 4 is 11.8 Å². The highest BCUT2D eigenvalue weighted by Gasteiger charge is 2.28. The van der Waals surface area contributed by atoms with Crippen molar-refractivity contribution in [1.82, 2.24) is 19.8 Å². The maximum Gasteiger partial charge on any atom is 0.255 e. The van der Waals surface area contributed by atoms with Crippen LogP contribution in [0.3, 0.4) is 0 Å². The smallest absolute Gasteiger partial charge is 0.255 e. The molecule has 0 saturated carbocycles. The van der Waals surface area contributed by atoms with E-state index in [9.17, 15) is 9.59 Å². The minimum Gasteiger partial charge on any atom is -0.351 e. The highest BCUT2D eigenvalue weighted by Crippen LogP contribution is 2.22. The summed E-state index contributed by atoms with van der Waals surface area (Å²) in [7, 11) is 0. The van der Waals surface area contributed by atoms with Gasteiger partial charge in [0.05, 0.1) is 5.56 Å². The van der Waals surface area contributed by atoms with Gasteiger partial charge in [0.25, 0.3) is 5.91 Å².